The third-order valence-corrected chi connectivity index (χ3v) is 2.82. The fourth-order valence-corrected chi connectivity index (χ4v) is 2.02. The zero-order chi connectivity index (χ0) is 10.8. The van der Waals surface area contributed by atoms with E-state index in [2.05, 4.69) is 0 Å². The minimum Gasteiger partial charge on any atom is -0.495 e. The fraction of sp³-hybridized carbons (Fsp3) is 0.273. The normalized spacial score (nSPS) is 17.1. The fourth-order valence-electron chi connectivity index (χ4n) is 1.50. The standard InChI is InChI=1S/C11H10Cl2O2/c12-7-3-4-8(9(13)6-7)11(14)10-2-1-5-15-10/h2-4,6,11,14H,1,5H2. The van der Waals surface area contributed by atoms with Gasteiger partial charge in [-0.25, -0.2) is 0 Å². The van der Waals surface area contributed by atoms with E-state index in [4.69, 9.17) is 27.9 Å². The number of ether oxygens (including phenoxy) is 1. The predicted octanol–water partition coefficient (Wildman–Crippen LogP) is 3.33. The molecule has 1 aliphatic heterocycles. The van der Waals surface area contributed by atoms with E-state index in [9.17, 15) is 5.11 Å². The van der Waals surface area contributed by atoms with Gasteiger partial charge in [-0.1, -0.05) is 29.3 Å². The summed E-state index contributed by atoms with van der Waals surface area (Å²) in [6, 6.07) is 5.01. The first kappa shape index (κ1) is 10.8. The molecule has 0 aliphatic carbocycles. The van der Waals surface area contributed by atoms with E-state index in [0.29, 0.717) is 28.0 Å². The SMILES string of the molecule is OC(C1=CCCO1)c1ccc(Cl)cc1Cl. The highest BCUT2D eigenvalue weighted by atomic mass is 35.5. The van der Waals surface area contributed by atoms with Crippen LogP contribution in [0.4, 0.5) is 0 Å². The number of hydrogen-bond donors (Lipinski definition) is 1. The summed E-state index contributed by atoms with van der Waals surface area (Å²) < 4.78 is 5.27. The van der Waals surface area contributed by atoms with Gasteiger partial charge in [-0.2, -0.15) is 0 Å². The van der Waals surface area contributed by atoms with E-state index < -0.39 is 6.10 Å². The molecule has 0 bridgehead atoms. The molecule has 0 saturated carbocycles. The van der Waals surface area contributed by atoms with Crippen LogP contribution in [0.1, 0.15) is 18.1 Å². The molecule has 1 aromatic carbocycles. The lowest BCUT2D eigenvalue weighted by molar-refractivity contribution is 0.119. The Kier molecular flexibility index (Phi) is 3.19. The second kappa shape index (κ2) is 4.44. The van der Waals surface area contributed by atoms with E-state index >= 15 is 0 Å². The first-order chi connectivity index (χ1) is 7.18. The van der Waals surface area contributed by atoms with Gasteiger partial charge in [0.2, 0.25) is 0 Å². The Morgan fingerprint density at radius 2 is 2.13 bits per heavy atom. The Morgan fingerprint density at radius 1 is 1.33 bits per heavy atom. The number of halogens is 2. The topological polar surface area (TPSA) is 29.5 Å². The van der Waals surface area contributed by atoms with Crippen molar-refractivity contribution in [3.8, 4) is 0 Å². The largest absolute Gasteiger partial charge is 0.495 e. The average molecular weight is 245 g/mol. The van der Waals surface area contributed by atoms with Gasteiger partial charge in [0.15, 0.2) is 0 Å². The highest BCUT2D eigenvalue weighted by Gasteiger charge is 2.20. The van der Waals surface area contributed by atoms with Gasteiger partial charge in [0.25, 0.3) is 0 Å². The third-order valence-electron chi connectivity index (χ3n) is 2.26. The van der Waals surface area contributed by atoms with Crippen molar-refractivity contribution in [3.63, 3.8) is 0 Å². The van der Waals surface area contributed by atoms with Crippen LogP contribution < -0.4 is 0 Å². The van der Waals surface area contributed by atoms with Crippen molar-refractivity contribution < 1.29 is 9.84 Å². The van der Waals surface area contributed by atoms with Crippen LogP contribution in [0.25, 0.3) is 0 Å². The molecule has 1 N–H and O–H groups in total. The first-order valence-electron chi connectivity index (χ1n) is 4.64. The number of benzene rings is 1. The maximum Gasteiger partial charge on any atom is 0.137 e. The molecule has 0 radical (unpaired) electrons. The van der Waals surface area contributed by atoms with Crippen LogP contribution >= 0.6 is 23.2 Å². The van der Waals surface area contributed by atoms with Crippen LogP contribution in [0, 0.1) is 0 Å². The molecule has 1 unspecified atom stereocenters. The maximum atomic E-state index is 9.97. The van der Waals surface area contributed by atoms with Crippen molar-refractivity contribution in [2.45, 2.75) is 12.5 Å². The Hall–Kier alpha value is -0.700. The van der Waals surface area contributed by atoms with Crippen LogP contribution in [-0.4, -0.2) is 11.7 Å². The van der Waals surface area contributed by atoms with Gasteiger partial charge in [0.1, 0.15) is 11.9 Å². The summed E-state index contributed by atoms with van der Waals surface area (Å²) in [7, 11) is 0. The second-order valence-corrected chi connectivity index (χ2v) is 4.16. The lowest BCUT2D eigenvalue weighted by atomic mass is 10.1. The predicted molar refractivity (Wildman–Crippen MR) is 60.1 cm³/mol. The zero-order valence-electron chi connectivity index (χ0n) is 7.91. The molecule has 1 heterocycles. The molecular weight excluding hydrogens is 235 g/mol. The van der Waals surface area contributed by atoms with Crippen LogP contribution in [0.15, 0.2) is 30.0 Å². The molecule has 1 aromatic rings. The lowest BCUT2D eigenvalue weighted by Crippen LogP contribution is -2.02. The Balaban J connectivity index is 2.28. The molecule has 15 heavy (non-hydrogen) atoms. The summed E-state index contributed by atoms with van der Waals surface area (Å²) in [5.74, 6) is 0.569. The molecule has 4 heteroatoms. The van der Waals surface area contributed by atoms with Crippen molar-refractivity contribution >= 4 is 23.2 Å². The summed E-state index contributed by atoms with van der Waals surface area (Å²) in [6.07, 6.45) is 1.91. The van der Waals surface area contributed by atoms with Crippen molar-refractivity contribution in [2.24, 2.45) is 0 Å². The van der Waals surface area contributed by atoms with Crippen molar-refractivity contribution in [1.29, 1.82) is 0 Å². The Bertz CT molecular complexity index is 402. The monoisotopic (exact) mass is 244 g/mol. The smallest absolute Gasteiger partial charge is 0.137 e. The summed E-state index contributed by atoms with van der Waals surface area (Å²) in [5, 5.41) is 11.0. The highest BCUT2D eigenvalue weighted by molar-refractivity contribution is 6.35. The average Bonchev–Trinajstić information content (AvgIpc) is 2.69. The third kappa shape index (κ3) is 2.28. The minimum absolute atomic E-state index is 0.450. The van der Waals surface area contributed by atoms with Crippen LogP contribution in [-0.2, 0) is 4.74 Å². The molecule has 0 aromatic heterocycles. The van der Waals surface area contributed by atoms with Gasteiger partial charge >= 0.3 is 0 Å². The van der Waals surface area contributed by atoms with Crippen molar-refractivity contribution in [1.82, 2.24) is 0 Å². The molecule has 0 spiro atoms. The molecular formula is C11H10Cl2O2. The van der Waals surface area contributed by atoms with E-state index in [1.807, 2.05) is 6.08 Å². The van der Waals surface area contributed by atoms with Gasteiger partial charge in [0, 0.05) is 22.0 Å². The second-order valence-electron chi connectivity index (χ2n) is 3.31. The van der Waals surface area contributed by atoms with E-state index in [1.165, 1.54) is 0 Å². The minimum atomic E-state index is -0.794. The number of hydrogen-bond acceptors (Lipinski definition) is 2. The summed E-state index contributed by atoms with van der Waals surface area (Å²) in [5.41, 5.74) is 0.620. The molecule has 2 nitrogen and oxygen atoms in total. The molecule has 1 aliphatic rings. The molecule has 80 valence electrons. The van der Waals surface area contributed by atoms with Crippen LogP contribution in [0.5, 0.6) is 0 Å². The van der Waals surface area contributed by atoms with Gasteiger partial charge in [-0.05, 0) is 18.2 Å². The van der Waals surface area contributed by atoms with Crippen LogP contribution in [0.2, 0.25) is 10.0 Å². The van der Waals surface area contributed by atoms with Gasteiger partial charge < -0.3 is 9.84 Å². The number of rotatable bonds is 2. The van der Waals surface area contributed by atoms with Gasteiger partial charge in [-0.15, -0.1) is 0 Å². The summed E-state index contributed by atoms with van der Waals surface area (Å²) in [6.45, 7) is 0.623. The molecule has 0 amide bonds. The van der Waals surface area contributed by atoms with E-state index in [1.54, 1.807) is 18.2 Å². The number of aliphatic hydroxyl groups excluding tert-OH is 1. The Labute approximate surface area is 98.1 Å². The lowest BCUT2D eigenvalue weighted by Gasteiger charge is -2.14. The summed E-state index contributed by atoms with van der Waals surface area (Å²) in [4.78, 5) is 0. The first-order valence-corrected chi connectivity index (χ1v) is 5.40. The van der Waals surface area contributed by atoms with Crippen LogP contribution in [0.3, 0.4) is 0 Å². The van der Waals surface area contributed by atoms with Crippen molar-refractivity contribution in [3.05, 3.63) is 45.6 Å². The van der Waals surface area contributed by atoms with Crippen molar-refractivity contribution in [2.75, 3.05) is 6.61 Å². The molecule has 1 atom stereocenters. The quantitative estimate of drug-likeness (QED) is 0.865. The molecule has 2 rings (SSSR count). The van der Waals surface area contributed by atoms with E-state index in [-0.39, 0.29) is 0 Å². The van der Waals surface area contributed by atoms with Gasteiger partial charge in [0.05, 0.1) is 6.61 Å². The molecule has 0 fully saturated rings. The van der Waals surface area contributed by atoms with E-state index in [0.717, 1.165) is 6.42 Å². The maximum absolute atomic E-state index is 9.97. The highest BCUT2D eigenvalue weighted by Crippen LogP contribution is 2.32. The molecule has 0 saturated heterocycles. The summed E-state index contributed by atoms with van der Waals surface area (Å²) >= 11 is 11.7. The number of aliphatic hydroxyl groups is 1. The Morgan fingerprint density at radius 3 is 2.73 bits per heavy atom. The van der Waals surface area contributed by atoms with Gasteiger partial charge in [-0.3, -0.25) is 0 Å². The zero-order valence-corrected chi connectivity index (χ0v) is 9.42.